The van der Waals surface area contributed by atoms with Gasteiger partial charge in [0.2, 0.25) is 0 Å². The summed E-state index contributed by atoms with van der Waals surface area (Å²) in [6.07, 6.45) is 0. The Morgan fingerprint density at radius 1 is 0.806 bits per heavy atom. The van der Waals surface area contributed by atoms with E-state index in [4.69, 9.17) is 9.47 Å². The summed E-state index contributed by atoms with van der Waals surface area (Å²) >= 11 is 0. The Balaban J connectivity index is 1.65. The number of carbonyl (C=O) groups is 2. The largest absolute Gasteiger partial charge is 0.497 e. The molecule has 0 heterocycles. The highest BCUT2D eigenvalue weighted by Crippen LogP contribution is 2.19. The van der Waals surface area contributed by atoms with Gasteiger partial charge in [-0.2, -0.15) is 0 Å². The summed E-state index contributed by atoms with van der Waals surface area (Å²) in [5, 5.41) is 5.23. The number of rotatable bonds is 7. The zero-order valence-electron chi connectivity index (χ0n) is 16.9. The lowest BCUT2D eigenvalue weighted by Gasteiger charge is -2.10. The van der Waals surface area contributed by atoms with E-state index < -0.39 is 23.4 Å². The quantitative estimate of drug-likeness (QED) is 0.595. The van der Waals surface area contributed by atoms with Crippen molar-refractivity contribution in [3.05, 3.63) is 89.0 Å². The van der Waals surface area contributed by atoms with Gasteiger partial charge >= 0.3 is 0 Å². The van der Waals surface area contributed by atoms with E-state index in [0.717, 1.165) is 12.1 Å². The van der Waals surface area contributed by atoms with E-state index in [1.54, 1.807) is 24.3 Å². The molecule has 6 nitrogen and oxygen atoms in total. The number of amides is 2. The zero-order chi connectivity index (χ0) is 22.4. The van der Waals surface area contributed by atoms with E-state index in [-0.39, 0.29) is 17.7 Å². The smallest absolute Gasteiger partial charge is 0.258 e. The SMILES string of the molecule is COc1ccc(C(=O)NCc2cccc(NC(=O)c3ccc(OC)cc3F)c2)c(F)c1. The van der Waals surface area contributed by atoms with E-state index in [2.05, 4.69) is 10.6 Å². The fourth-order valence-corrected chi connectivity index (χ4v) is 2.85. The summed E-state index contributed by atoms with van der Waals surface area (Å²) in [5.41, 5.74) is 0.840. The van der Waals surface area contributed by atoms with Crippen LogP contribution in [-0.4, -0.2) is 26.0 Å². The maximum Gasteiger partial charge on any atom is 0.258 e. The summed E-state index contributed by atoms with van der Waals surface area (Å²) in [6.45, 7) is 0.102. The Hall–Kier alpha value is -3.94. The molecule has 0 bridgehead atoms. The van der Waals surface area contributed by atoms with E-state index in [9.17, 15) is 18.4 Å². The van der Waals surface area contributed by atoms with E-state index in [1.165, 1.54) is 38.5 Å². The lowest BCUT2D eigenvalue weighted by Crippen LogP contribution is -2.24. The number of nitrogens with one attached hydrogen (secondary N) is 2. The van der Waals surface area contributed by atoms with Crippen LogP contribution in [0.15, 0.2) is 60.7 Å². The first kappa shape index (κ1) is 21.8. The molecular weight excluding hydrogens is 406 g/mol. The van der Waals surface area contributed by atoms with Crippen LogP contribution < -0.4 is 20.1 Å². The van der Waals surface area contributed by atoms with Crippen molar-refractivity contribution in [2.24, 2.45) is 0 Å². The monoisotopic (exact) mass is 426 g/mol. The van der Waals surface area contributed by atoms with Crippen LogP contribution in [0.4, 0.5) is 14.5 Å². The molecule has 0 radical (unpaired) electrons. The molecule has 0 aliphatic rings. The zero-order valence-corrected chi connectivity index (χ0v) is 16.9. The molecule has 0 aromatic heterocycles. The van der Waals surface area contributed by atoms with Crippen LogP contribution in [0.25, 0.3) is 0 Å². The molecule has 2 amide bonds. The maximum atomic E-state index is 14.1. The summed E-state index contributed by atoms with van der Waals surface area (Å²) < 4.78 is 38.0. The van der Waals surface area contributed by atoms with Crippen molar-refractivity contribution in [3.8, 4) is 11.5 Å². The molecule has 8 heteroatoms. The second kappa shape index (κ2) is 9.71. The highest BCUT2D eigenvalue weighted by Gasteiger charge is 2.14. The molecule has 31 heavy (non-hydrogen) atoms. The van der Waals surface area contributed by atoms with Gasteiger partial charge in [-0.3, -0.25) is 9.59 Å². The fourth-order valence-electron chi connectivity index (χ4n) is 2.85. The molecule has 160 valence electrons. The second-order valence-corrected chi connectivity index (χ2v) is 6.53. The molecule has 0 fully saturated rings. The summed E-state index contributed by atoms with van der Waals surface area (Å²) in [4.78, 5) is 24.6. The Kier molecular flexibility index (Phi) is 6.81. The number of ether oxygens (including phenoxy) is 2. The minimum atomic E-state index is -0.707. The Bertz CT molecular complexity index is 1120. The molecule has 3 rings (SSSR count). The molecule has 0 saturated heterocycles. The van der Waals surface area contributed by atoms with Gasteiger partial charge < -0.3 is 20.1 Å². The Morgan fingerprint density at radius 3 is 1.94 bits per heavy atom. The van der Waals surface area contributed by atoms with Crippen molar-refractivity contribution in [2.75, 3.05) is 19.5 Å². The first-order chi connectivity index (χ1) is 14.9. The van der Waals surface area contributed by atoms with Crippen molar-refractivity contribution >= 4 is 17.5 Å². The van der Waals surface area contributed by atoms with Crippen molar-refractivity contribution in [2.45, 2.75) is 6.54 Å². The van der Waals surface area contributed by atoms with Gasteiger partial charge in [-0.25, -0.2) is 8.78 Å². The summed E-state index contributed by atoms with van der Waals surface area (Å²) in [7, 11) is 2.81. The number of hydrogen-bond donors (Lipinski definition) is 2. The third kappa shape index (κ3) is 5.36. The lowest BCUT2D eigenvalue weighted by molar-refractivity contribution is 0.0945. The number of anilines is 1. The van der Waals surface area contributed by atoms with Gasteiger partial charge in [0, 0.05) is 24.4 Å². The van der Waals surface area contributed by atoms with Crippen molar-refractivity contribution in [3.63, 3.8) is 0 Å². The third-order valence-corrected chi connectivity index (χ3v) is 4.48. The molecule has 0 aliphatic carbocycles. The normalized spacial score (nSPS) is 10.3. The number of halogens is 2. The maximum absolute atomic E-state index is 14.1. The predicted molar refractivity (Wildman–Crippen MR) is 111 cm³/mol. The highest BCUT2D eigenvalue weighted by atomic mass is 19.1. The molecule has 3 aromatic rings. The van der Waals surface area contributed by atoms with Crippen LogP contribution >= 0.6 is 0 Å². The van der Waals surface area contributed by atoms with Gasteiger partial charge in [0.15, 0.2) is 0 Å². The molecule has 0 unspecified atom stereocenters. The second-order valence-electron chi connectivity index (χ2n) is 6.53. The van der Waals surface area contributed by atoms with Crippen LogP contribution in [-0.2, 0) is 6.54 Å². The van der Waals surface area contributed by atoms with Gasteiger partial charge in [-0.1, -0.05) is 12.1 Å². The van der Waals surface area contributed by atoms with Crippen LogP contribution in [0.3, 0.4) is 0 Å². The van der Waals surface area contributed by atoms with Gasteiger partial charge in [-0.15, -0.1) is 0 Å². The number of methoxy groups -OCH3 is 2. The van der Waals surface area contributed by atoms with Crippen LogP contribution in [0.5, 0.6) is 11.5 Å². The van der Waals surface area contributed by atoms with Crippen molar-refractivity contribution < 1.29 is 27.8 Å². The van der Waals surface area contributed by atoms with Crippen LogP contribution in [0, 0.1) is 11.6 Å². The van der Waals surface area contributed by atoms with Crippen molar-refractivity contribution in [1.82, 2.24) is 5.32 Å². The van der Waals surface area contributed by atoms with E-state index in [1.807, 2.05) is 0 Å². The van der Waals surface area contributed by atoms with Crippen LogP contribution in [0.1, 0.15) is 26.3 Å². The third-order valence-electron chi connectivity index (χ3n) is 4.48. The minimum absolute atomic E-state index is 0.102. The van der Waals surface area contributed by atoms with Gasteiger partial charge in [-0.05, 0) is 42.0 Å². The number of carbonyl (C=O) groups excluding carboxylic acids is 2. The first-order valence-electron chi connectivity index (χ1n) is 9.27. The predicted octanol–water partition coefficient (Wildman–Crippen LogP) is 4.16. The molecular formula is C23H20F2N2O4. The standard InChI is InChI=1S/C23H20F2N2O4/c1-30-16-6-8-18(20(24)11-16)22(28)26-13-14-4-3-5-15(10-14)27-23(29)19-9-7-17(31-2)12-21(19)25/h3-12H,13H2,1-2H3,(H,26,28)(H,27,29). The molecule has 0 saturated carbocycles. The molecule has 3 aromatic carbocycles. The van der Waals surface area contributed by atoms with Crippen molar-refractivity contribution in [1.29, 1.82) is 0 Å². The van der Waals surface area contributed by atoms with E-state index in [0.29, 0.717) is 22.7 Å². The van der Waals surface area contributed by atoms with Crippen LogP contribution in [0.2, 0.25) is 0 Å². The van der Waals surface area contributed by atoms with Gasteiger partial charge in [0.25, 0.3) is 11.8 Å². The highest BCUT2D eigenvalue weighted by molar-refractivity contribution is 6.04. The van der Waals surface area contributed by atoms with Gasteiger partial charge in [0.05, 0.1) is 25.3 Å². The molecule has 2 N–H and O–H groups in total. The Morgan fingerprint density at radius 2 is 1.39 bits per heavy atom. The fraction of sp³-hybridized carbons (Fsp3) is 0.130. The molecule has 0 atom stereocenters. The van der Waals surface area contributed by atoms with Gasteiger partial charge in [0.1, 0.15) is 23.1 Å². The first-order valence-corrected chi connectivity index (χ1v) is 9.27. The Labute approximate surface area is 177 Å². The topological polar surface area (TPSA) is 76.7 Å². The molecule has 0 aliphatic heterocycles. The summed E-state index contributed by atoms with van der Waals surface area (Å²) in [5.74, 6) is -2.00. The average molecular weight is 426 g/mol. The number of hydrogen-bond acceptors (Lipinski definition) is 4. The minimum Gasteiger partial charge on any atom is -0.497 e. The molecule has 0 spiro atoms. The van der Waals surface area contributed by atoms with E-state index >= 15 is 0 Å². The average Bonchev–Trinajstić information content (AvgIpc) is 2.77. The number of benzene rings is 3. The summed E-state index contributed by atoms with van der Waals surface area (Å²) in [6, 6.07) is 14.6. The lowest BCUT2D eigenvalue weighted by atomic mass is 10.1.